The molecule has 0 aliphatic carbocycles. The number of carbonyl (C=O) groups is 1. The summed E-state index contributed by atoms with van der Waals surface area (Å²) in [4.78, 5) is 11.5. The first-order chi connectivity index (χ1) is 6.15. The molecule has 0 heterocycles. The van der Waals surface area contributed by atoms with Crippen molar-refractivity contribution < 1.29 is 4.79 Å². The number of Topliss-reactive ketones (excluding diaryl/α,β-unsaturated/α-hetero) is 1. The van der Waals surface area contributed by atoms with Crippen molar-refractivity contribution in [2.75, 3.05) is 0 Å². The molecule has 0 aliphatic heterocycles. The highest BCUT2D eigenvalue weighted by molar-refractivity contribution is 5.97. The van der Waals surface area contributed by atoms with E-state index in [-0.39, 0.29) is 11.7 Å². The van der Waals surface area contributed by atoms with Gasteiger partial charge in [-0.15, -0.1) is 6.42 Å². The van der Waals surface area contributed by atoms with Crippen molar-refractivity contribution in [1.29, 1.82) is 0 Å². The summed E-state index contributed by atoms with van der Waals surface area (Å²) in [6.07, 6.45) is 5.20. The van der Waals surface area contributed by atoms with Gasteiger partial charge >= 0.3 is 0 Å². The van der Waals surface area contributed by atoms with E-state index in [1.54, 1.807) is 24.3 Å². The largest absolute Gasteiger partial charge is 0.294 e. The second kappa shape index (κ2) is 3.91. The molecule has 1 aromatic rings. The Balaban J connectivity index is 2.94. The number of rotatable bonds is 2. The summed E-state index contributed by atoms with van der Waals surface area (Å²) in [5, 5.41) is 0. The van der Waals surface area contributed by atoms with E-state index in [2.05, 4.69) is 5.92 Å². The Hall–Kier alpha value is -1.55. The highest BCUT2D eigenvalue weighted by Crippen LogP contribution is 2.09. The molecule has 1 rings (SSSR count). The third kappa shape index (κ3) is 2.19. The van der Waals surface area contributed by atoms with Crippen molar-refractivity contribution in [2.24, 2.45) is 5.92 Å². The molecule has 0 bridgehead atoms. The SMILES string of the molecule is C#Cc1ccc(C(=O)C(C)C)cc1. The zero-order chi connectivity index (χ0) is 9.84. The maximum absolute atomic E-state index is 11.5. The summed E-state index contributed by atoms with van der Waals surface area (Å²) >= 11 is 0. The molecule has 1 aromatic carbocycles. The molecular weight excluding hydrogens is 160 g/mol. The van der Waals surface area contributed by atoms with Gasteiger partial charge in [-0.25, -0.2) is 0 Å². The Morgan fingerprint density at radius 1 is 1.31 bits per heavy atom. The van der Waals surface area contributed by atoms with E-state index in [0.29, 0.717) is 0 Å². The molecular formula is C12H12O. The van der Waals surface area contributed by atoms with Gasteiger partial charge in [0.1, 0.15) is 0 Å². The average molecular weight is 172 g/mol. The van der Waals surface area contributed by atoms with Gasteiger partial charge in [0.15, 0.2) is 5.78 Å². The molecule has 1 nitrogen and oxygen atoms in total. The summed E-state index contributed by atoms with van der Waals surface area (Å²) in [6.45, 7) is 3.77. The van der Waals surface area contributed by atoms with Crippen LogP contribution in [-0.2, 0) is 0 Å². The van der Waals surface area contributed by atoms with Gasteiger partial charge in [-0.1, -0.05) is 31.9 Å². The van der Waals surface area contributed by atoms with Gasteiger partial charge in [0.05, 0.1) is 0 Å². The molecule has 66 valence electrons. The highest BCUT2D eigenvalue weighted by Gasteiger charge is 2.08. The molecule has 0 atom stereocenters. The summed E-state index contributed by atoms with van der Waals surface area (Å²) in [6, 6.07) is 7.13. The van der Waals surface area contributed by atoms with Crippen molar-refractivity contribution in [3.63, 3.8) is 0 Å². The third-order valence-electron chi connectivity index (χ3n) is 1.86. The molecule has 0 saturated heterocycles. The number of hydrogen-bond donors (Lipinski definition) is 0. The van der Waals surface area contributed by atoms with Crippen LogP contribution in [0.5, 0.6) is 0 Å². The van der Waals surface area contributed by atoms with Gasteiger partial charge in [-0.3, -0.25) is 4.79 Å². The summed E-state index contributed by atoms with van der Waals surface area (Å²) in [5.41, 5.74) is 1.54. The molecule has 0 saturated carbocycles. The fourth-order valence-corrected chi connectivity index (χ4v) is 1.06. The number of benzene rings is 1. The Labute approximate surface area is 78.8 Å². The van der Waals surface area contributed by atoms with E-state index in [9.17, 15) is 4.79 Å². The average Bonchev–Trinajstić information content (AvgIpc) is 2.17. The van der Waals surface area contributed by atoms with E-state index >= 15 is 0 Å². The molecule has 0 aromatic heterocycles. The van der Waals surface area contributed by atoms with Crippen LogP contribution >= 0.6 is 0 Å². The Bertz CT molecular complexity index is 338. The van der Waals surface area contributed by atoms with Crippen LogP contribution in [0, 0.1) is 18.3 Å². The second-order valence-corrected chi connectivity index (χ2v) is 3.24. The zero-order valence-electron chi connectivity index (χ0n) is 7.87. The van der Waals surface area contributed by atoms with Gasteiger partial charge in [0.2, 0.25) is 0 Å². The highest BCUT2D eigenvalue weighted by atomic mass is 16.1. The smallest absolute Gasteiger partial charge is 0.165 e. The maximum Gasteiger partial charge on any atom is 0.165 e. The predicted octanol–water partition coefficient (Wildman–Crippen LogP) is 2.51. The van der Waals surface area contributed by atoms with Gasteiger partial charge in [-0.05, 0) is 12.1 Å². The van der Waals surface area contributed by atoms with E-state index in [0.717, 1.165) is 11.1 Å². The van der Waals surface area contributed by atoms with Crippen LogP contribution in [0.25, 0.3) is 0 Å². The Morgan fingerprint density at radius 3 is 2.23 bits per heavy atom. The first-order valence-corrected chi connectivity index (χ1v) is 4.26. The Kier molecular flexibility index (Phi) is 2.87. The predicted molar refractivity (Wildman–Crippen MR) is 53.5 cm³/mol. The molecule has 1 heteroatoms. The van der Waals surface area contributed by atoms with Crippen LogP contribution in [0.1, 0.15) is 29.8 Å². The van der Waals surface area contributed by atoms with E-state index in [4.69, 9.17) is 6.42 Å². The normalized spacial score (nSPS) is 9.69. The van der Waals surface area contributed by atoms with Gasteiger partial charge < -0.3 is 0 Å². The molecule has 0 spiro atoms. The van der Waals surface area contributed by atoms with E-state index in [1.165, 1.54) is 0 Å². The second-order valence-electron chi connectivity index (χ2n) is 3.24. The lowest BCUT2D eigenvalue weighted by Crippen LogP contribution is -2.06. The molecule has 0 amide bonds. The van der Waals surface area contributed by atoms with Crippen LogP contribution in [0.2, 0.25) is 0 Å². The maximum atomic E-state index is 11.5. The minimum atomic E-state index is 0.0386. The first-order valence-electron chi connectivity index (χ1n) is 4.26. The Morgan fingerprint density at radius 2 is 1.85 bits per heavy atom. The monoisotopic (exact) mass is 172 g/mol. The molecule has 0 radical (unpaired) electrons. The number of hydrogen-bond acceptors (Lipinski definition) is 1. The summed E-state index contributed by atoms with van der Waals surface area (Å²) in [7, 11) is 0. The molecule has 0 unspecified atom stereocenters. The number of ketones is 1. The standard InChI is InChI=1S/C12H12O/c1-4-10-5-7-11(8-6-10)12(13)9(2)3/h1,5-9H,2-3H3. The van der Waals surface area contributed by atoms with Crippen molar-refractivity contribution in [3.05, 3.63) is 35.4 Å². The molecule has 0 aliphatic rings. The van der Waals surface area contributed by atoms with Crippen molar-refractivity contribution in [2.45, 2.75) is 13.8 Å². The van der Waals surface area contributed by atoms with Crippen molar-refractivity contribution in [1.82, 2.24) is 0 Å². The van der Waals surface area contributed by atoms with Crippen LogP contribution in [0.4, 0.5) is 0 Å². The minimum absolute atomic E-state index is 0.0386. The molecule has 13 heavy (non-hydrogen) atoms. The third-order valence-corrected chi connectivity index (χ3v) is 1.86. The lowest BCUT2D eigenvalue weighted by Gasteiger charge is -2.03. The first kappa shape index (κ1) is 9.54. The quantitative estimate of drug-likeness (QED) is 0.495. The van der Waals surface area contributed by atoms with Crippen LogP contribution in [0.3, 0.4) is 0 Å². The number of carbonyl (C=O) groups excluding carboxylic acids is 1. The van der Waals surface area contributed by atoms with E-state index in [1.807, 2.05) is 13.8 Å². The van der Waals surface area contributed by atoms with Crippen LogP contribution in [-0.4, -0.2) is 5.78 Å². The fraction of sp³-hybridized carbons (Fsp3) is 0.250. The number of terminal acetylenes is 1. The topological polar surface area (TPSA) is 17.1 Å². The van der Waals surface area contributed by atoms with Gasteiger partial charge in [-0.2, -0.15) is 0 Å². The van der Waals surface area contributed by atoms with Crippen LogP contribution < -0.4 is 0 Å². The lowest BCUT2D eigenvalue weighted by molar-refractivity contribution is 0.0939. The summed E-state index contributed by atoms with van der Waals surface area (Å²) in [5.74, 6) is 2.71. The van der Waals surface area contributed by atoms with Crippen LogP contribution in [0.15, 0.2) is 24.3 Å². The fourth-order valence-electron chi connectivity index (χ4n) is 1.06. The molecule has 0 fully saturated rings. The van der Waals surface area contributed by atoms with Crippen molar-refractivity contribution in [3.8, 4) is 12.3 Å². The van der Waals surface area contributed by atoms with Gasteiger partial charge in [0.25, 0.3) is 0 Å². The zero-order valence-corrected chi connectivity index (χ0v) is 7.87. The molecule has 0 N–H and O–H groups in total. The lowest BCUT2D eigenvalue weighted by atomic mass is 10.0. The van der Waals surface area contributed by atoms with E-state index < -0.39 is 0 Å². The van der Waals surface area contributed by atoms with Crippen molar-refractivity contribution >= 4 is 5.78 Å². The minimum Gasteiger partial charge on any atom is -0.294 e. The van der Waals surface area contributed by atoms with Gasteiger partial charge in [0, 0.05) is 17.0 Å². The summed E-state index contributed by atoms with van der Waals surface area (Å²) < 4.78 is 0.